The summed E-state index contributed by atoms with van der Waals surface area (Å²) in [7, 11) is 6.78. The predicted octanol–water partition coefficient (Wildman–Crippen LogP) is 4.50. The molecular formula is C34H40N8O4. The summed E-state index contributed by atoms with van der Waals surface area (Å²) < 4.78 is 13.8. The van der Waals surface area contributed by atoms with Gasteiger partial charge in [-0.25, -0.2) is 4.98 Å². The molecule has 1 amide bonds. The molecule has 0 atom stereocenters. The van der Waals surface area contributed by atoms with E-state index in [0.29, 0.717) is 65.2 Å². The lowest BCUT2D eigenvalue weighted by atomic mass is 10.1. The molecule has 5 N–H and O–H groups in total. The second kappa shape index (κ2) is 15.9. The van der Waals surface area contributed by atoms with Crippen LogP contribution < -0.4 is 36.1 Å². The molecular weight excluding hydrogens is 584 g/mol. The highest BCUT2D eigenvalue weighted by atomic mass is 16.5. The molecule has 0 aliphatic carbocycles. The van der Waals surface area contributed by atoms with Gasteiger partial charge in [0.15, 0.2) is 0 Å². The highest BCUT2D eigenvalue weighted by Gasteiger charge is 2.19. The lowest BCUT2D eigenvalue weighted by molar-refractivity contribution is 0.0962. The minimum atomic E-state index is -0.239. The number of methoxy groups -OCH3 is 1. The van der Waals surface area contributed by atoms with Crippen molar-refractivity contribution in [2.75, 3.05) is 64.0 Å². The fourth-order valence-corrected chi connectivity index (χ4v) is 5.05. The Bertz CT molecular complexity index is 1760. The Morgan fingerprint density at radius 1 is 1.09 bits per heavy atom. The molecule has 0 spiro atoms. The first kappa shape index (κ1) is 33.3. The first-order valence-electron chi connectivity index (χ1n) is 14.6. The number of ether oxygens (including phenoxy) is 2. The first-order chi connectivity index (χ1) is 22.4. The van der Waals surface area contributed by atoms with Gasteiger partial charge in [0, 0.05) is 44.0 Å². The Labute approximate surface area is 268 Å². The number of hydrogen-bond donors (Lipinski definition) is 4. The number of aldehydes is 1. The van der Waals surface area contributed by atoms with E-state index in [4.69, 9.17) is 20.2 Å². The second-order valence-corrected chi connectivity index (χ2v) is 10.2. The van der Waals surface area contributed by atoms with Crippen molar-refractivity contribution in [3.63, 3.8) is 0 Å². The molecule has 0 saturated carbocycles. The summed E-state index contributed by atoms with van der Waals surface area (Å²) in [6, 6.07) is 14.4. The normalized spacial score (nSPS) is 11.2. The van der Waals surface area contributed by atoms with Crippen LogP contribution in [0.2, 0.25) is 0 Å². The van der Waals surface area contributed by atoms with Crippen LogP contribution in [0, 0.1) is 0 Å². The number of benzene rings is 3. The van der Waals surface area contributed by atoms with Gasteiger partial charge in [-0.05, 0) is 61.8 Å². The van der Waals surface area contributed by atoms with Crippen LogP contribution in [0.4, 0.5) is 23.0 Å². The van der Waals surface area contributed by atoms with Crippen LogP contribution >= 0.6 is 0 Å². The Kier molecular flexibility index (Phi) is 11.5. The van der Waals surface area contributed by atoms with E-state index in [2.05, 4.69) is 27.7 Å². The average molecular weight is 625 g/mol. The summed E-state index contributed by atoms with van der Waals surface area (Å²) in [5.41, 5.74) is 11.1. The molecule has 0 saturated heterocycles. The smallest absolute Gasteiger partial charge is 0.251 e. The summed E-state index contributed by atoms with van der Waals surface area (Å²) in [5, 5.41) is 9.01. The zero-order valence-corrected chi connectivity index (χ0v) is 26.5. The van der Waals surface area contributed by atoms with Crippen LogP contribution in [-0.4, -0.2) is 76.5 Å². The summed E-state index contributed by atoms with van der Waals surface area (Å²) in [5.74, 6) is 1.42. The molecule has 240 valence electrons. The van der Waals surface area contributed by atoms with Crippen molar-refractivity contribution in [1.29, 1.82) is 0 Å². The van der Waals surface area contributed by atoms with Gasteiger partial charge in [0.25, 0.3) is 5.91 Å². The van der Waals surface area contributed by atoms with E-state index < -0.39 is 0 Å². The zero-order chi connectivity index (χ0) is 33.1. The third-order valence-corrected chi connectivity index (χ3v) is 7.12. The van der Waals surface area contributed by atoms with Crippen molar-refractivity contribution < 1.29 is 19.1 Å². The van der Waals surface area contributed by atoms with Crippen LogP contribution in [0.25, 0.3) is 17.1 Å². The van der Waals surface area contributed by atoms with E-state index in [1.54, 1.807) is 45.5 Å². The van der Waals surface area contributed by atoms with Gasteiger partial charge >= 0.3 is 0 Å². The van der Waals surface area contributed by atoms with Crippen LogP contribution in [0.15, 0.2) is 71.8 Å². The number of nitrogens with zero attached hydrogens (tertiary/aromatic N) is 4. The number of amides is 1. The highest BCUT2D eigenvalue weighted by Crippen LogP contribution is 2.39. The Balaban J connectivity index is 1.64. The first-order valence-corrected chi connectivity index (χ1v) is 14.6. The number of nitrogen functional groups attached to an aromatic ring is 1. The van der Waals surface area contributed by atoms with Crippen LogP contribution in [0.1, 0.15) is 26.3 Å². The van der Waals surface area contributed by atoms with Gasteiger partial charge in [-0.15, -0.1) is 0 Å². The molecule has 0 aliphatic rings. The predicted molar refractivity (Wildman–Crippen MR) is 186 cm³/mol. The van der Waals surface area contributed by atoms with Crippen molar-refractivity contribution in [2.24, 2.45) is 4.99 Å². The number of nitrogens with two attached hydrogens (primary N) is 1. The summed E-state index contributed by atoms with van der Waals surface area (Å²) in [4.78, 5) is 35.0. The number of imidazole rings is 1. The fourth-order valence-electron chi connectivity index (χ4n) is 5.05. The third-order valence-electron chi connectivity index (χ3n) is 7.12. The number of nitrogens with one attached hydrogen (secondary N) is 3. The lowest BCUT2D eigenvalue weighted by Gasteiger charge is -2.26. The minimum absolute atomic E-state index is 0.239. The highest BCUT2D eigenvalue weighted by molar-refractivity contribution is 5.99. The van der Waals surface area contributed by atoms with Gasteiger partial charge in [0.2, 0.25) is 5.95 Å². The number of allylic oxidation sites excluding steroid dienone is 1. The van der Waals surface area contributed by atoms with Gasteiger partial charge in [-0.1, -0.05) is 30.4 Å². The van der Waals surface area contributed by atoms with Gasteiger partial charge in [-0.3, -0.25) is 14.6 Å². The summed E-state index contributed by atoms with van der Waals surface area (Å²) >= 11 is 0. The summed E-state index contributed by atoms with van der Waals surface area (Å²) in [6.45, 7) is 5.40. The van der Waals surface area contributed by atoms with Crippen molar-refractivity contribution in [3.05, 3.63) is 83.4 Å². The molecule has 12 nitrogen and oxygen atoms in total. The number of anilines is 3. The van der Waals surface area contributed by atoms with E-state index in [9.17, 15) is 9.59 Å². The van der Waals surface area contributed by atoms with Crippen molar-refractivity contribution in [1.82, 2.24) is 20.2 Å². The maximum Gasteiger partial charge on any atom is 0.251 e. The molecule has 46 heavy (non-hydrogen) atoms. The molecule has 0 fully saturated rings. The quantitative estimate of drug-likeness (QED) is 0.0465. The number of carbonyl (C=O) groups is 2. The Hall–Kier alpha value is -5.62. The molecule has 0 bridgehead atoms. The van der Waals surface area contributed by atoms with E-state index in [-0.39, 0.29) is 12.5 Å². The van der Waals surface area contributed by atoms with Crippen molar-refractivity contribution in [2.45, 2.75) is 6.54 Å². The van der Waals surface area contributed by atoms with Crippen LogP contribution in [0.5, 0.6) is 11.5 Å². The summed E-state index contributed by atoms with van der Waals surface area (Å²) in [6.07, 6.45) is 8.63. The van der Waals surface area contributed by atoms with Gasteiger partial charge < -0.3 is 40.6 Å². The topological polar surface area (TPSA) is 148 Å². The van der Waals surface area contributed by atoms with Crippen molar-refractivity contribution in [3.8, 4) is 11.5 Å². The molecule has 0 radical (unpaired) electrons. The number of aliphatic imine (C=N–C) groups is 1. The van der Waals surface area contributed by atoms with Crippen molar-refractivity contribution >= 4 is 59.0 Å². The van der Waals surface area contributed by atoms with Gasteiger partial charge in [0.05, 0.1) is 25.0 Å². The fraction of sp³-hybridized carbons (Fsp3) is 0.235. The number of carbonyl (C=O) groups excluding carboxylic acids is 2. The molecule has 4 rings (SSSR count). The Morgan fingerprint density at radius 2 is 1.91 bits per heavy atom. The number of hydrogen-bond acceptors (Lipinski definition) is 10. The van der Waals surface area contributed by atoms with Gasteiger partial charge in [0.1, 0.15) is 35.6 Å². The maximum absolute atomic E-state index is 12.6. The largest absolute Gasteiger partial charge is 0.494 e. The molecule has 1 aromatic heterocycles. The SMILES string of the molecule is C=Nc1cc(C=O)cc(OC)c1N(C/C=C/Cn1c(NC)nc2cc(C(=O)NC)cc(OC/C=C/c3cccc(N)c3)c21)CNC. The van der Waals surface area contributed by atoms with Crippen LogP contribution in [0.3, 0.4) is 0 Å². The molecule has 4 aromatic rings. The minimum Gasteiger partial charge on any atom is -0.494 e. The Morgan fingerprint density at radius 3 is 2.59 bits per heavy atom. The molecule has 1 heterocycles. The third kappa shape index (κ3) is 7.71. The van der Waals surface area contributed by atoms with E-state index in [1.807, 2.05) is 65.1 Å². The van der Waals surface area contributed by atoms with Crippen LogP contribution in [-0.2, 0) is 6.54 Å². The monoisotopic (exact) mass is 624 g/mol. The van der Waals surface area contributed by atoms with E-state index in [0.717, 1.165) is 23.1 Å². The number of aromatic nitrogens is 2. The average Bonchev–Trinajstić information content (AvgIpc) is 3.44. The number of rotatable bonds is 16. The number of fused-ring (bicyclic) bond motifs is 1. The van der Waals surface area contributed by atoms with E-state index >= 15 is 0 Å². The maximum atomic E-state index is 12.6. The molecule has 0 unspecified atom stereocenters. The zero-order valence-electron chi connectivity index (χ0n) is 26.5. The molecule has 3 aromatic carbocycles. The second-order valence-electron chi connectivity index (χ2n) is 10.2. The molecule has 0 aliphatic heterocycles. The standard InChI is InChI=1S/C34H40N8O4/c1-36-22-41(31-27(37-2)17-24(21-43)18-29(31)45-5)13-6-7-14-42-32-28(40-34(42)39-4)19-25(33(44)38-3)20-30(32)46-15-9-11-23-10-8-12-26(35)16-23/h6-12,16-21,36H,2,13-15,22,35H2,1,3-5H3,(H,38,44)(H,39,40)/b7-6+,11-9+. The van der Waals surface area contributed by atoms with E-state index in [1.165, 1.54) is 0 Å². The molecule has 12 heteroatoms. The lowest BCUT2D eigenvalue weighted by Crippen LogP contribution is -2.32. The van der Waals surface area contributed by atoms with Gasteiger partial charge in [-0.2, -0.15) is 0 Å².